The number of tetrazole rings is 1. The number of nitrogens with zero attached hydrogens (tertiary/aromatic N) is 8. The number of hydrogen-bond donors (Lipinski definition) is 1. The van der Waals surface area contributed by atoms with Crippen molar-refractivity contribution in [1.29, 1.82) is 0 Å². The van der Waals surface area contributed by atoms with Crippen LogP contribution in [0, 0.1) is 0 Å². The lowest BCUT2D eigenvalue weighted by molar-refractivity contribution is -0.143. The average Bonchev–Trinajstić information content (AvgIpc) is 3.70. The first kappa shape index (κ1) is 38.0. The number of rotatable bonds is 10. The Bertz CT molecular complexity index is 2010. The van der Waals surface area contributed by atoms with Crippen LogP contribution in [0.1, 0.15) is 65.6 Å². The van der Waals surface area contributed by atoms with E-state index in [-0.39, 0.29) is 24.1 Å². The van der Waals surface area contributed by atoms with E-state index in [1.807, 2.05) is 35.9 Å². The highest BCUT2D eigenvalue weighted by atomic mass is 19.4. The SMILES string of the molecule is CCC(c1ccc(C(F)(F)F)cc1CN(Cc1cc(C(F)(F)F)cc(C(F)(F)F)c1)c1nnn(C)n1)N1CCC(O)(Cn2ccc3cccnc32)CC1. The van der Waals surface area contributed by atoms with Crippen molar-refractivity contribution in [3.05, 3.63) is 100 Å². The third-order valence-electron chi connectivity index (χ3n) is 9.54. The van der Waals surface area contributed by atoms with Crippen LogP contribution in [-0.2, 0) is 45.2 Å². The minimum absolute atomic E-state index is 0.00246. The molecule has 53 heavy (non-hydrogen) atoms. The van der Waals surface area contributed by atoms with Crippen LogP contribution in [0.5, 0.6) is 0 Å². The van der Waals surface area contributed by atoms with E-state index < -0.39 is 65.5 Å². The molecule has 0 bridgehead atoms. The van der Waals surface area contributed by atoms with Gasteiger partial charge in [-0.25, -0.2) is 4.98 Å². The highest BCUT2D eigenvalue weighted by Crippen LogP contribution is 2.39. The molecule has 1 saturated heterocycles. The maximum Gasteiger partial charge on any atom is 0.416 e. The summed E-state index contributed by atoms with van der Waals surface area (Å²) in [4.78, 5) is 8.68. The number of aromatic nitrogens is 6. The van der Waals surface area contributed by atoms with Crippen LogP contribution in [0.25, 0.3) is 11.0 Å². The Labute approximate surface area is 297 Å². The highest BCUT2D eigenvalue weighted by molar-refractivity contribution is 5.75. The van der Waals surface area contributed by atoms with Gasteiger partial charge in [0.25, 0.3) is 5.95 Å². The topological polar surface area (TPSA) is 88.1 Å². The summed E-state index contributed by atoms with van der Waals surface area (Å²) >= 11 is 0. The van der Waals surface area contributed by atoms with E-state index in [1.165, 1.54) is 18.0 Å². The maximum absolute atomic E-state index is 14.1. The number of halogens is 9. The number of aryl methyl sites for hydroxylation is 1. The Hall–Kier alpha value is -4.71. The van der Waals surface area contributed by atoms with E-state index in [2.05, 4.69) is 25.3 Å². The Morgan fingerprint density at radius 2 is 1.51 bits per heavy atom. The summed E-state index contributed by atoms with van der Waals surface area (Å²) in [5.74, 6) is -0.218. The third kappa shape index (κ3) is 8.59. The van der Waals surface area contributed by atoms with Gasteiger partial charge in [0, 0.05) is 50.0 Å². The van der Waals surface area contributed by atoms with Gasteiger partial charge in [-0.15, -0.1) is 5.10 Å². The van der Waals surface area contributed by atoms with E-state index in [0.29, 0.717) is 50.0 Å². The predicted molar refractivity (Wildman–Crippen MR) is 175 cm³/mol. The number of alkyl halides is 9. The van der Waals surface area contributed by atoms with Gasteiger partial charge in [-0.05, 0) is 89.7 Å². The standard InChI is InChI=1S/C35H35F9N8O/c1-3-29(50-13-9-32(53,10-14-50)21-51-12-8-23-5-4-11-45-30(23)51)28-7-6-25(33(36,37)38)17-24(28)20-52(31-46-48-49(2)47-31)19-22-15-26(34(39,40)41)18-27(16-22)35(42,43)44/h4-8,11-12,15-18,29,53H,3,9-10,13-14,19-21H2,1-2H3. The summed E-state index contributed by atoms with van der Waals surface area (Å²) in [6.45, 7) is 1.89. The first-order chi connectivity index (χ1) is 24.8. The fraction of sp³-hybridized carbons (Fsp3) is 0.429. The molecule has 18 heteroatoms. The Balaban J connectivity index is 1.32. The molecule has 284 valence electrons. The molecular formula is C35H35F9N8O. The molecule has 9 nitrogen and oxygen atoms in total. The molecule has 1 unspecified atom stereocenters. The van der Waals surface area contributed by atoms with Crippen LogP contribution in [0.3, 0.4) is 0 Å². The number of hydrogen-bond acceptors (Lipinski definition) is 7. The third-order valence-corrected chi connectivity index (χ3v) is 9.54. The van der Waals surface area contributed by atoms with Crippen molar-refractivity contribution in [1.82, 2.24) is 34.7 Å². The molecule has 4 heterocycles. The van der Waals surface area contributed by atoms with Crippen molar-refractivity contribution >= 4 is 17.0 Å². The molecule has 0 spiro atoms. The summed E-state index contributed by atoms with van der Waals surface area (Å²) in [5.41, 5.74) is -4.24. The van der Waals surface area contributed by atoms with Crippen molar-refractivity contribution in [3.63, 3.8) is 0 Å². The number of likely N-dealkylation sites (tertiary alicyclic amines) is 1. The number of benzene rings is 2. The largest absolute Gasteiger partial charge is 0.416 e. The molecular weight excluding hydrogens is 719 g/mol. The smallest absolute Gasteiger partial charge is 0.388 e. The molecule has 1 atom stereocenters. The van der Waals surface area contributed by atoms with E-state index in [4.69, 9.17) is 0 Å². The molecule has 0 radical (unpaired) electrons. The van der Waals surface area contributed by atoms with Crippen molar-refractivity contribution in [2.45, 2.75) is 76.0 Å². The second-order valence-corrected chi connectivity index (χ2v) is 13.3. The predicted octanol–water partition coefficient (Wildman–Crippen LogP) is 7.80. The van der Waals surface area contributed by atoms with Gasteiger partial charge >= 0.3 is 18.5 Å². The minimum Gasteiger partial charge on any atom is -0.388 e. The lowest BCUT2D eigenvalue weighted by Gasteiger charge is -2.42. The summed E-state index contributed by atoms with van der Waals surface area (Å²) < 4.78 is 126. The molecule has 0 saturated carbocycles. The van der Waals surface area contributed by atoms with Crippen molar-refractivity contribution in [3.8, 4) is 0 Å². The molecule has 0 amide bonds. The van der Waals surface area contributed by atoms with Crippen LogP contribution in [0.15, 0.2) is 67.0 Å². The quantitative estimate of drug-likeness (QED) is 0.146. The van der Waals surface area contributed by atoms with E-state index in [9.17, 15) is 44.6 Å². The van der Waals surface area contributed by atoms with Crippen LogP contribution in [0.2, 0.25) is 0 Å². The van der Waals surface area contributed by atoms with E-state index in [1.54, 1.807) is 6.20 Å². The number of pyridine rings is 1. The van der Waals surface area contributed by atoms with E-state index in [0.717, 1.165) is 28.0 Å². The molecule has 6 rings (SSSR count). The summed E-state index contributed by atoms with van der Waals surface area (Å²) in [6.07, 6.45) is -10.3. The lowest BCUT2D eigenvalue weighted by atomic mass is 9.88. The average molecular weight is 755 g/mol. The van der Waals surface area contributed by atoms with Crippen LogP contribution in [-0.4, -0.2) is 58.5 Å². The number of anilines is 1. The van der Waals surface area contributed by atoms with Crippen molar-refractivity contribution < 1.29 is 44.6 Å². The van der Waals surface area contributed by atoms with E-state index >= 15 is 0 Å². The monoisotopic (exact) mass is 754 g/mol. The Kier molecular flexibility index (Phi) is 10.2. The summed E-state index contributed by atoms with van der Waals surface area (Å²) in [5, 5.41) is 24.2. The second kappa shape index (κ2) is 14.3. The minimum atomic E-state index is -5.11. The Morgan fingerprint density at radius 3 is 2.09 bits per heavy atom. The van der Waals surface area contributed by atoms with Gasteiger partial charge < -0.3 is 14.6 Å². The molecule has 1 aliphatic rings. The number of piperidine rings is 1. The van der Waals surface area contributed by atoms with Gasteiger partial charge in [0.2, 0.25) is 0 Å². The van der Waals surface area contributed by atoms with Crippen LogP contribution < -0.4 is 4.90 Å². The zero-order chi connectivity index (χ0) is 38.3. The Morgan fingerprint density at radius 1 is 0.849 bits per heavy atom. The second-order valence-electron chi connectivity index (χ2n) is 13.3. The molecule has 1 fully saturated rings. The zero-order valence-electron chi connectivity index (χ0n) is 28.5. The maximum atomic E-state index is 14.1. The first-order valence-electron chi connectivity index (χ1n) is 16.7. The molecule has 5 aromatic rings. The van der Waals surface area contributed by atoms with Gasteiger partial charge in [-0.3, -0.25) is 4.90 Å². The van der Waals surface area contributed by atoms with Gasteiger partial charge in [0.1, 0.15) is 5.65 Å². The molecule has 2 aromatic carbocycles. The van der Waals surface area contributed by atoms with Gasteiger partial charge in [0.15, 0.2) is 0 Å². The number of aliphatic hydroxyl groups is 1. The van der Waals surface area contributed by atoms with Crippen LogP contribution >= 0.6 is 0 Å². The fourth-order valence-corrected chi connectivity index (χ4v) is 6.93. The fourth-order valence-electron chi connectivity index (χ4n) is 6.93. The zero-order valence-corrected chi connectivity index (χ0v) is 28.5. The number of fused-ring (bicyclic) bond motifs is 1. The van der Waals surface area contributed by atoms with Gasteiger partial charge in [-0.2, -0.15) is 44.3 Å². The van der Waals surface area contributed by atoms with Crippen LogP contribution in [0.4, 0.5) is 45.5 Å². The molecule has 0 aliphatic carbocycles. The lowest BCUT2D eigenvalue weighted by Crippen LogP contribution is -2.47. The molecule has 1 N–H and O–H groups in total. The molecule has 3 aromatic heterocycles. The normalized spacial score (nSPS) is 16.3. The van der Waals surface area contributed by atoms with Gasteiger partial charge in [0.05, 0.1) is 35.9 Å². The van der Waals surface area contributed by atoms with Crippen molar-refractivity contribution in [2.75, 3.05) is 18.0 Å². The summed E-state index contributed by atoms with van der Waals surface area (Å²) in [7, 11) is 1.39. The summed E-state index contributed by atoms with van der Waals surface area (Å²) in [6, 6.07) is 9.53. The highest BCUT2D eigenvalue weighted by Gasteiger charge is 2.39. The molecule has 1 aliphatic heterocycles. The first-order valence-corrected chi connectivity index (χ1v) is 16.7. The van der Waals surface area contributed by atoms with Gasteiger partial charge in [-0.1, -0.05) is 18.1 Å². The van der Waals surface area contributed by atoms with Crippen molar-refractivity contribution in [2.24, 2.45) is 7.05 Å².